The molecule has 222 valence electrons. The number of para-hydroxylation sites is 1. The zero-order valence-electron chi connectivity index (χ0n) is 25.0. The maximum absolute atomic E-state index is 12.5. The second kappa shape index (κ2) is 12.3. The zero-order chi connectivity index (χ0) is 29.2. The first kappa shape index (κ1) is 28.5. The molecule has 0 spiro atoms. The number of ether oxygens (including phenoxy) is 1. The van der Waals surface area contributed by atoms with Crippen molar-refractivity contribution in [2.75, 3.05) is 55.6 Å². The van der Waals surface area contributed by atoms with Crippen LogP contribution in [0, 0.1) is 30.1 Å². The van der Waals surface area contributed by atoms with Gasteiger partial charge in [-0.2, -0.15) is 15.2 Å². The number of piperazine rings is 1. The predicted molar refractivity (Wildman–Crippen MR) is 163 cm³/mol. The Hall–Kier alpha value is -3.64. The van der Waals surface area contributed by atoms with E-state index in [1.165, 1.54) is 56.2 Å². The molecule has 9 heteroatoms. The van der Waals surface area contributed by atoms with E-state index in [0.717, 1.165) is 30.0 Å². The summed E-state index contributed by atoms with van der Waals surface area (Å²) < 4.78 is 6.53. The summed E-state index contributed by atoms with van der Waals surface area (Å²) in [6.45, 7) is 14.9. The Labute approximate surface area is 249 Å². The zero-order valence-corrected chi connectivity index (χ0v) is 25.0. The van der Waals surface area contributed by atoms with E-state index in [-0.39, 0.29) is 24.5 Å². The van der Waals surface area contributed by atoms with Gasteiger partial charge in [-0.15, -0.1) is 0 Å². The molecule has 2 saturated heterocycles. The molecule has 0 N–H and O–H groups in total. The first-order valence-electron chi connectivity index (χ1n) is 15.6. The van der Waals surface area contributed by atoms with E-state index in [0.29, 0.717) is 44.0 Å². The molecule has 2 aromatic rings. The van der Waals surface area contributed by atoms with Crippen LogP contribution < -0.4 is 14.5 Å². The highest BCUT2D eigenvalue weighted by molar-refractivity contribution is 5.87. The summed E-state index contributed by atoms with van der Waals surface area (Å²) in [5.74, 6) is 1.99. The lowest BCUT2D eigenvalue weighted by atomic mass is 10.0. The second-order valence-corrected chi connectivity index (χ2v) is 12.4. The number of rotatable bonds is 9. The van der Waals surface area contributed by atoms with E-state index < -0.39 is 0 Å². The van der Waals surface area contributed by atoms with Gasteiger partial charge in [0.25, 0.3) is 0 Å². The minimum atomic E-state index is -0.215. The number of carbonyl (C=O) groups excluding carboxylic acids is 1. The van der Waals surface area contributed by atoms with Gasteiger partial charge in [0.15, 0.2) is 0 Å². The summed E-state index contributed by atoms with van der Waals surface area (Å²) >= 11 is 0. The lowest BCUT2D eigenvalue weighted by molar-refractivity contribution is -0.128. The van der Waals surface area contributed by atoms with Crippen LogP contribution in [0.4, 0.5) is 11.5 Å². The largest absolute Gasteiger partial charge is 0.460 e. The molecule has 4 heterocycles. The van der Waals surface area contributed by atoms with Crippen molar-refractivity contribution in [2.24, 2.45) is 11.8 Å². The number of hydrogen-bond donors (Lipinski definition) is 0. The van der Waals surface area contributed by atoms with Crippen molar-refractivity contribution >= 4 is 17.4 Å². The fourth-order valence-electron chi connectivity index (χ4n) is 7.17. The Morgan fingerprint density at radius 1 is 1.17 bits per heavy atom. The van der Waals surface area contributed by atoms with Crippen molar-refractivity contribution in [3.05, 3.63) is 53.7 Å². The number of aryl methyl sites for hydroxylation is 1. The number of anilines is 2. The number of amides is 1. The van der Waals surface area contributed by atoms with Crippen molar-refractivity contribution in [1.29, 1.82) is 5.26 Å². The van der Waals surface area contributed by atoms with Crippen molar-refractivity contribution in [1.82, 2.24) is 19.8 Å². The fourth-order valence-corrected chi connectivity index (χ4v) is 7.17. The Balaban J connectivity index is 1.26. The standard InChI is InChI=1S/C33H43N7O2/c1-4-31(41)40-18-17-39(21-26(40)11-13-34)32-27-12-16-38(30-10-6-5-9-23(30)2)22-29(27)35-33(36-32)42-24(3)28-19-25(28)20-37-14-7-8-15-37/h4-6,9-10,24-26,28H,1,7-8,11-12,14-22H2,2-3H3/t24-,25?,26+,28?/m1/s1. The monoisotopic (exact) mass is 569 g/mol. The van der Waals surface area contributed by atoms with Crippen LogP contribution in [0.2, 0.25) is 0 Å². The van der Waals surface area contributed by atoms with Gasteiger partial charge >= 0.3 is 6.01 Å². The maximum Gasteiger partial charge on any atom is 0.318 e. The number of likely N-dealkylation sites (tertiary alicyclic amines) is 1. The summed E-state index contributed by atoms with van der Waals surface area (Å²) in [5.41, 5.74) is 4.63. The molecule has 1 saturated carbocycles. The molecule has 4 atom stereocenters. The summed E-state index contributed by atoms with van der Waals surface area (Å²) in [4.78, 5) is 31.6. The van der Waals surface area contributed by atoms with Crippen LogP contribution >= 0.6 is 0 Å². The van der Waals surface area contributed by atoms with Crippen LogP contribution in [-0.2, 0) is 17.8 Å². The number of fused-ring (bicyclic) bond motifs is 1. The third-order valence-electron chi connectivity index (χ3n) is 9.61. The lowest BCUT2D eigenvalue weighted by Crippen LogP contribution is -2.55. The number of carbonyl (C=O) groups is 1. The number of aromatic nitrogens is 2. The van der Waals surface area contributed by atoms with Gasteiger partial charge in [0.1, 0.15) is 11.9 Å². The number of hydrogen-bond acceptors (Lipinski definition) is 8. The summed E-state index contributed by atoms with van der Waals surface area (Å²) in [7, 11) is 0. The van der Waals surface area contributed by atoms with E-state index in [4.69, 9.17) is 14.7 Å². The molecule has 1 aliphatic carbocycles. The van der Waals surface area contributed by atoms with Crippen molar-refractivity contribution in [3.8, 4) is 12.1 Å². The Bertz CT molecular complexity index is 1350. The predicted octanol–water partition coefficient (Wildman–Crippen LogP) is 3.96. The van der Waals surface area contributed by atoms with Gasteiger partial charge in [-0.25, -0.2) is 0 Å². The SMILES string of the molecule is C=CC(=O)N1CCN(c2nc(O[C@H](C)C3CC3CN3CCCC3)nc3c2CCN(c2ccccc2C)C3)C[C@@H]1CC#N. The van der Waals surface area contributed by atoms with E-state index in [1.54, 1.807) is 4.90 Å². The molecule has 0 bridgehead atoms. The van der Waals surface area contributed by atoms with Crippen LogP contribution in [0.5, 0.6) is 6.01 Å². The fraction of sp³-hybridized carbons (Fsp3) is 0.576. The Morgan fingerprint density at radius 3 is 2.74 bits per heavy atom. The van der Waals surface area contributed by atoms with Crippen LogP contribution in [0.1, 0.15) is 49.4 Å². The van der Waals surface area contributed by atoms with E-state index in [2.05, 4.69) is 65.5 Å². The Kier molecular flexibility index (Phi) is 8.34. The number of nitriles is 1. The van der Waals surface area contributed by atoms with Crippen LogP contribution in [0.15, 0.2) is 36.9 Å². The minimum Gasteiger partial charge on any atom is -0.460 e. The van der Waals surface area contributed by atoms with Crippen molar-refractivity contribution in [3.63, 3.8) is 0 Å². The van der Waals surface area contributed by atoms with Crippen molar-refractivity contribution in [2.45, 2.75) is 64.6 Å². The van der Waals surface area contributed by atoms with Gasteiger partial charge in [0, 0.05) is 49.9 Å². The average molecular weight is 570 g/mol. The third-order valence-corrected chi connectivity index (χ3v) is 9.61. The average Bonchev–Trinajstić information content (AvgIpc) is 3.58. The molecule has 3 fully saturated rings. The summed E-state index contributed by atoms with van der Waals surface area (Å²) in [6, 6.07) is 11.0. The normalized spacial score (nSPS) is 24.6. The lowest BCUT2D eigenvalue weighted by Gasteiger charge is -2.42. The van der Waals surface area contributed by atoms with Crippen LogP contribution in [-0.4, -0.2) is 83.6 Å². The van der Waals surface area contributed by atoms with E-state index >= 15 is 0 Å². The van der Waals surface area contributed by atoms with Gasteiger partial charge < -0.3 is 24.3 Å². The molecule has 1 aromatic heterocycles. The van der Waals surface area contributed by atoms with Crippen LogP contribution in [0.3, 0.4) is 0 Å². The molecule has 1 aromatic carbocycles. The van der Waals surface area contributed by atoms with Gasteiger partial charge in [0.05, 0.1) is 30.8 Å². The summed E-state index contributed by atoms with van der Waals surface area (Å²) in [6.07, 6.45) is 6.32. The highest BCUT2D eigenvalue weighted by Crippen LogP contribution is 2.43. The molecule has 0 radical (unpaired) electrons. The minimum absolute atomic E-state index is 0.0490. The second-order valence-electron chi connectivity index (χ2n) is 12.4. The van der Waals surface area contributed by atoms with Gasteiger partial charge in [-0.1, -0.05) is 24.8 Å². The smallest absolute Gasteiger partial charge is 0.318 e. The molecule has 6 rings (SSSR count). The molecule has 4 aliphatic rings. The molecule has 3 aliphatic heterocycles. The van der Waals surface area contributed by atoms with Gasteiger partial charge in [-0.05, 0) is 76.2 Å². The van der Waals surface area contributed by atoms with Crippen LogP contribution in [0.25, 0.3) is 0 Å². The molecule has 1 amide bonds. The molecular weight excluding hydrogens is 526 g/mol. The summed E-state index contributed by atoms with van der Waals surface area (Å²) in [5, 5.41) is 9.53. The number of benzene rings is 1. The topological polar surface area (TPSA) is 88.8 Å². The van der Waals surface area contributed by atoms with E-state index in [9.17, 15) is 10.1 Å². The Morgan fingerprint density at radius 2 is 1.98 bits per heavy atom. The highest BCUT2D eigenvalue weighted by atomic mass is 16.5. The first-order chi connectivity index (χ1) is 20.4. The van der Waals surface area contributed by atoms with Gasteiger partial charge in [0.2, 0.25) is 5.91 Å². The molecule has 42 heavy (non-hydrogen) atoms. The van der Waals surface area contributed by atoms with Gasteiger partial charge in [-0.3, -0.25) is 4.79 Å². The molecule has 2 unspecified atom stereocenters. The first-order valence-corrected chi connectivity index (χ1v) is 15.6. The van der Waals surface area contributed by atoms with E-state index in [1.807, 2.05) is 0 Å². The highest BCUT2D eigenvalue weighted by Gasteiger charge is 2.44. The third kappa shape index (κ3) is 5.96. The number of nitrogens with zero attached hydrogens (tertiary/aromatic N) is 7. The maximum atomic E-state index is 12.5. The quantitative estimate of drug-likeness (QED) is 0.420. The molecule has 9 nitrogen and oxygen atoms in total. The molecular formula is C33H43N7O2. The van der Waals surface area contributed by atoms with Crippen molar-refractivity contribution < 1.29 is 9.53 Å².